The summed E-state index contributed by atoms with van der Waals surface area (Å²) in [5, 5.41) is 16.2. The number of benzene rings is 1. The summed E-state index contributed by atoms with van der Waals surface area (Å²) < 4.78 is 31.7. The van der Waals surface area contributed by atoms with Crippen molar-refractivity contribution in [2.24, 2.45) is 5.73 Å². The van der Waals surface area contributed by atoms with E-state index in [1.807, 2.05) is 24.3 Å². The lowest BCUT2D eigenvalue weighted by atomic mass is 10.1. The number of nitrogens with zero attached hydrogens (tertiary/aromatic N) is 3. The summed E-state index contributed by atoms with van der Waals surface area (Å²) in [4.78, 5) is 37.0. The third-order valence-electron chi connectivity index (χ3n) is 5.11. The van der Waals surface area contributed by atoms with Gasteiger partial charge in [-0.1, -0.05) is 24.3 Å². The average molecular weight is 440 g/mol. The van der Waals surface area contributed by atoms with E-state index in [1.54, 1.807) is 9.80 Å². The molecule has 0 saturated carbocycles. The van der Waals surface area contributed by atoms with E-state index in [0.717, 1.165) is 6.42 Å². The predicted molar refractivity (Wildman–Crippen MR) is 102 cm³/mol. The maximum Gasteiger partial charge on any atom is 0.490 e. The second kappa shape index (κ2) is 10.3. The van der Waals surface area contributed by atoms with Crippen LogP contribution in [0.15, 0.2) is 24.3 Å². The molecule has 0 spiro atoms. The molecule has 31 heavy (non-hydrogen) atoms. The minimum atomic E-state index is -5.08. The lowest BCUT2D eigenvalue weighted by Crippen LogP contribution is -2.46. The molecule has 3 rings (SSSR count). The summed E-state index contributed by atoms with van der Waals surface area (Å²) in [6, 6.07) is 9.08. The number of carbonyl (C=O) groups is 3. The summed E-state index contributed by atoms with van der Waals surface area (Å²) >= 11 is 0. The molecule has 2 amide bonds. The van der Waals surface area contributed by atoms with Gasteiger partial charge in [0.25, 0.3) is 0 Å². The zero-order valence-corrected chi connectivity index (χ0v) is 16.6. The van der Waals surface area contributed by atoms with Gasteiger partial charge in [-0.05, 0) is 30.4 Å². The molecule has 1 aromatic carbocycles. The Hall–Kier alpha value is -3.13. The first-order valence-corrected chi connectivity index (χ1v) is 9.65. The number of hydrogen-bond acceptors (Lipinski definition) is 5. The Balaban J connectivity index is 0.000000423. The molecule has 0 aliphatic carbocycles. The van der Waals surface area contributed by atoms with Crippen LogP contribution in [0.4, 0.5) is 13.2 Å². The molecular weight excluding hydrogens is 417 g/mol. The fourth-order valence-corrected chi connectivity index (χ4v) is 3.45. The Labute approximate surface area is 177 Å². The van der Waals surface area contributed by atoms with E-state index >= 15 is 0 Å². The monoisotopic (exact) mass is 440 g/mol. The largest absolute Gasteiger partial charge is 0.490 e. The van der Waals surface area contributed by atoms with Gasteiger partial charge in [0.15, 0.2) is 0 Å². The van der Waals surface area contributed by atoms with Gasteiger partial charge in [-0.15, -0.1) is 0 Å². The maximum absolute atomic E-state index is 12.4. The van der Waals surface area contributed by atoms with Crippen LogP contribution >= 0.6 is 0 Å². The first-order chi connectivity index (χ1) is 14.5. The number of hydrogen-bond donors (Lipinski definition) is 2. The van der Waals surface area contributed by atoms with Crippen LogP contribution in [-0.4, -0.2) is 57.5 Å². The number of fused-ring (bicyclic) bond motifs is 1. The molecule has 8 nitrogen and oxygen atoms in total. The van der Waals surface area contributed by atoms with Gasteiger partial charge in [-0.25, -0.2) is 4.79 Å². The van der Waals surface area contributed by atoms with Crippen molar-refractivity contribution < 1.29 is 32.7 Å². The Bertz CT molecular complexity index is 844. The first kappa shape index (κ1) is 24.1. The standard InChI is InChI=1S/C18H22N4O2.C2HF3O2/c19-10-15-6-3-9-22(15)18(24)16(20)7-8-17(23)21-11-13-4-1-2-5-14(13)12-21;3-2(4,5)1(6)7/h1-2,4-5,15-16H,3,6-9,11-12,20H2;(H,6,7)/t15-,16-;/m0./s1. The number of alkyl halides is 3. The number of likely N-dealkylation sites (tertiary alicyclic amines) is 1. The molecule has 2 aliphatic heterocycles. The molecule has 11 heteroatoms. The van der Waals surface area contributed by atoms with Crippen LogP contribution in [0.2, 0.25) is 0 Å². The van der Waals surface area contributed by atoms with Crippen LogP contribution in [0.1, 0.15) is 36.8 Å². The van der Waals surface area contributed by atoms with Crippen LogP contribution in [0.3, 0.4) is 0 Å². The number of halogens is 3. The van der Waals surface area contributed by atoms with Gasteiger partial charge in [0.1, 0.15) is 6.04 Å². The van der Waals surface area contributed by atoms with Crippen molar-refractivity contribution in [1.82, 2.24) is 9.80 Å². The number of rotatable bonds is 4. The van der Waals surface area contributed by atoms with Gasteiger partial charge in [0.2, 0.25) is 11.8 Å². The summed E-state index contributed by atoms with van der Waals surface area (Å²) in [6.45, 7) is 1.84. The van der Waals surface area contributed by atoms with E-state index < -0.39 is 18.2 Å². The Morgan fingerprint density at radius 3 is 2.26 bits per heavy atom. The number of aliphatic carboxylic acids is 1. The minimum absolute atomic E-state index is 0.0210. The number of nitriles is 1. The Morgan fingerprint density at radius 2 is 1.77 bits per heavy atom. The highest BCUT2D eigenvalue weighted by atomic mass is 19.4. The summed E-state index contributed by atoms with van der Waals surface area (Å²) in [5.74, 6) is -2.95. The zero-order valence-electron chi connectivity index (χ0n) is 16.6. The highest BCUT2D eigenvalue weighted by Gasteiger charge is 2.38. The van der Waals surface area contributed by atoms with Gasteiger partial charge in [-0.3, -0.25) is 9.59 Å². The van der Waals surface area contributed by atoms with Crippen molar-refractivity contribution >= 4 is 17.8 Å². The molecule has 0 unspecified atom stereocenters. The van der Waals surface area contributed by atoms with Crippen LogP contribution in [0.25, 0.3) is 0 Å². The third-order valence-corrected chi connectivity index (χ3v) is 5.11. The molecule has 2 atom stereocenters. The fraction of sp³-hybridized carbons (Fsp3) is 0.500. The van der Waals surface area contributed by atoms with E-state index in [2.05, 4.69) is 6.07 Å². The summed E-state index contributed by atoms with van der Waals surface area (Å²) in [6.07, 6.45) is -2.97. The van der Waals surface area contributed by atoms with E-state index in [9.17, 15) is 22.8 Å². The first-order valence-electron chi connectivity index (χ1n) is 9.65. The van der Waals surface area contributed by atoms with Gasteiger partial charge in [0, 0.05) is 26.1 Å². The topological polar surface area (TPSA) is 128 Å². The number of carbonyl (C=O) groups excluding carboxylic acids is 2. The van der Waals surface area contributed by atoms with Crippen LogP contribution in [0.5, 0.6) is 0 Å². The minimum Gasteiger partial charge on any atom is -0.475 e. The summed E-state index contributed by atoms with van der Waals surface area (Å²) in [5.41, 5.74) is 8.34. The molecule has 0 bridgehead atoms. The van der Waals surface area contributed by atoms with E-state index in [4.69, 9.17) is 20.9 Å². The van der Waals surface area contributed by atoms with Crippen LogP contribution < -0.4 is 5.73 Å². The second-order valence-corrected chi connectivity index (χ2v) is 7.29. The summed E-state index contributed by atoms with van der Waals surface area (Å²) in [7, 11) is 0. The Morgan fingerprint density at radius 1 is 1.23 bits per heavy atom. The highest BCUT2D eigenvalue weighted by Crippen LogP contribution is 2.23. The molecule has 0 aromatic heterocycles. The van der Waals surface area contributed by atoms with Crippen molar-refractivity contribution in [3.05, 3.63) is 35.4 Å². The molecule has 2 heterocycles. The number of carboxylic acids is 1. The van der Waals surface area contributed by atoms with E-state index in [0.29, 0.717) is 32.5 Å². The molecule has 1 aromatic rings. The van der Waals surface area contributed by atoms with Crippen molar-refractivity contribution in [1.29, 1.82) is 5.26 Å². The van der Waals surface area contributed by atoms with Crippen LogP contribution in [-0.2, 0) is 27.5 Å². The second-order valence-electron chi connectivity index (χ2n) is 7.29. The smallest absolute Gasteiger partial charge is 0.475 e. The molecular formula is C20H23F3N4O4. The highest BCUT2D eigenvalue weighted by molar-refractivity contribution is 5.84. The van der Waals surface area contributed by atoms with Gasteiger partial charge in [-0.2, -0.15) is 18.4 Å². The lowest BCUT2D eigenvalue weighted by Gasteiger charge is -2.23. The van der Waals surface area contributed by atoms with Crippen LogP contribution in [0, 0.1) is 11.3 Å². The molecule has 0 radical (unpaired) electrons. The number of amides is 2. The average Bonchev–Trinajstić information content (AvgIpc) is 3.37. The van der Waals surface area contributed by atoms with Crippen molar-refractivity contribution in [2.45, 2.75) is 57.0 Å². The molecule has 3 N–H and O–H groups in total. The molecule has 168 valence electrons. The normalized spacial score (nSPS) is 18.5. The number of nitrogens with two attached hydrogens (primary N) is 1. The van der Waals surface area contributed by atoms with Gasteiger partial charge >= 0.3 is 12.1 Å². The lowest BCUT2D eigenvalue weighted by molar-refractivity contribution is -0.192. The predicted octanol–water partition coefficient (Wildman–Crippen LogP) is 1.78. The van der Waals surface area contributed by atoms with Crippen molar-refractivity contribution in [3.8, 4) is 6.07 Å². The maximum atomic E-state index is 12.4. The van der Waals surface area contributed by atoms with Gasteiger partial charge < -0.3 is 20.6 Å². The SMILES string of the molecule is N#C[C@@H]1CCCN1C(=O)[C@@H](N)CCC(=O)N1Cc2ccccc2C1.O=C(O)C(F)(F)F. The zero-order chi connectivity index (χ0) is 23.2. The number of carboxylic acid groups (broad SMARTS) is 1. The van der Waals surface area contributed by atoms with Crippen molar-refractivity contribution in [3.63, 3.8) is 0 Å². The van der Waals surface area contributed by atoms with Gasteiger partial charge in [0.05, 0.1) is 12.1 Å². The molecule has 2 aliphatic rings. The van der Waals surface area contributed by atoms with E-state index in [-0.39, 0.29) is 24.3 Å². The molecule has 1 fully saturated rings. The van der Waals surface area contributed by atoms with E-state index in [1.165, 1.54) is 11.1 Å². The fourth-order valence-electron chi connectivity index (χ4n) is 3.45. The third kappa shape index (κ3) is 6.42. The molecule has 1 saturated heterocycles. The van der Waals surface area contributed by atoms with Crippen molar-refractivity contribution in [2.75, 3.05) is 6.54 Å². The quantitative estimate of drug-likeness (QED) is 0.735. The Kier molecular flexibility index (Phi) is 7.99.